The molecule has 0 aliphatic rings. The van der Waals surface area contributed by atoms with Gasteiger partial charge in [-0.25, -0.2) is 0 Å². The number of hydrogen-bond acceptors (Lipinski definition) is 21. The van der Waals surface area contributed by atoms with E-state index in [1.54, 1.807) is 7.05 Å². The number of carbonyl (C=O) groups excluding carboxylic acids is 8. The summed E-state index contributed by atoms with van der Waals surface area (Å²) in [5, 5.41) is 66.4. The number of carbonyl (C=O) groups is 13. The fourth-order valence-corrected chi connectivity index (χ4v) is 8.63. The molecule has 0 bridgehead atoms. The molecule has 34 heteroatoms. The van der Waals surface area contributed by atoms with E-state index in [4.69, 9.17) is 30.4 Å². The van der Waals surface area contributed by atoms with Crippen LogP contribution in [0, 0.1) is 5.92 Å². The molecule has 0 rings (SSSR count). The highest BCUT2D eigenvalue weighted by Crippen LogP contribution is 2.13. The van der Waals surface area contributed by atoms with Crippen molar-refractivity contribution < 1.29 is 107 Å². The Kier molecular flexibility index (Phi) is 56.7. The van der Waals surface area contributed by atoms with E-state index in [1.165, 1.54) is 11.3 Å². The van der Waals surface area contributed by atoms with E-state index in [0.717, 1.165) is 22.6 Å². The monoisotopic (exact) mass is 1340 g/mol. The van der Waals surface area contributed by atoms with Crippen molar-refractivity contribution in [1.29, 1.82) is 0 Å². The first kappa shape index (κ1) is 90.0. The Morgan fingerprint density at radius 1 is 0.430 bits per heavy atom. The van der Waals surface area contributed by atoms with Crippen molar-refractivity contribution >= 4 is 77.1 Å². The van der Waals surface area contributed by atoms with Gasteiger partial charge in [-0.3, -0.25) is 77.0 Å². The topological polar surface area (TPSA) is 506 Å². The Hall–Kier alpha value is -7.21. The van der Waals surface area contributed by atoms with Crippen LogP contribution in [0.3, 0.4) is 0 Å². The maximum atomic E-state index is 13.3. The van der Waals surface area contributed by atoms with Gasteiger partial charge in [-0.05, 0) is 77.7 Å². The summed E-state index contributed by atoms with van der Waals surface area (Å²) >= 11 is 0. The number of rotatable bonds is 60. The Morgan fingerprint density at radius 3 is 1.26 bits per heavy atom. The fraction of sp³-hybridized carbons (Fsp3) is 0.780. The highest BCUT2D eigenvalue weighted by molar-refractivity contribution is 5.88. The number of nitrogens with one attached hydrogen (secondary N) is 7. The molecule has 0 aromatic heterocycles. The molecule has 0 spiro atoms. The molecular formula is C59H110N12O22. The maximum absolute atomic E-state index is 13.3. The predicted octanol–water partition coefficient (Wildman–Crippen LogP) is -2.09. The van der Waals surface area contributed by atoms with E-state index >= 15 is 0 Å². The maximum Gasteiger partial charge on any atom is 0.320 e. The molecule has 0 heterocycles. The summed E-state index contributed by atoms with van der Waals surface area (Å²) < 4.78 is 21.4. The second-order valence-corrected chi connectivity index (χ2v) is 21.4. The first-order valence-corrected chi connectivity index (χ1v) is 31.3. The molecule has 0 aliphatic carbocycles. The number of hydrogen-bond donors (Lipinski definition) is 14. The zero-order chi connectivity index (χ0) is 69.5. The normalized spacial score (nSPS) is 12.2. The van der Waals surface area contributed by atoms with Crippen molar-refractivity contribution in [1.82, 2.24) is 51.9 Å². The Labute approximate surface area is 545 Å². The van der Waals surface area contributed by atoms with Gasteiger partial charge in [0.15, 0.2) is 0 Å². The molecule has 0 aromatic carbocycles. The summed E-state index contributed by atoms with van der Waals surface area (Å²) in [6, 6.07) is -2.98. The van der Waals surface area contributed by atoms with Crippen molar-refractivity contribution in [3.63, 3.8) is 0 Å². The third-order valence-corrected chi connectivity index (χ3v) is 13.4. The van der Waals surface area contributed by atoms with E-state index in [-0.39, 0.29) is 181 Å². The third-order valence-electron chi connectivity index (χ3n) is 13.4. The van der Waals surface area contributed by atoms with Gasteiger partial charge in [-0.1, -0.05) is 41.0 Å². The standard InChI is InChI=1S/C55H98N12O22.C3H8.CH4/c1-3-39(52(56)81)11-4-7-19-60-46(71)37-88-31-30-87-28-22-62-47(72)38-89-32-29-86-27-21-61-43(68)14-10-15-45(70)64-41(54(83)63-20-9-5-12-40(58-2)53(57)82)13-6-8-18-59-44(69)17-16-42(55(84)85)67(25-23-65(33-48(73)74)34-49(75)76)26-24-66(35-50(77)78)36-51(79)80;1-3-2;/h39-42,58H,3-38H2,1-2H3,(H2,56,81)(H2,57,82)(H,59,69)(H,60,71)(H,61,68)(H,62,72)(H,63,83)(H,64,70)(H,73,74)(H,75,76)(H,77,78)(H,79,80)(H,84,85);3H2,1-2H3;1H4/t39-,40-,41-,42-;;/m0../s1. The molecule has 0 unspecified atom stereocenters. The number of amides is 8. The number of primary amides is 2. The van der Waals surface area contributed by atoms with Crippen LogP contribution < -0.4 is 48.7 Å². The van der Waals surface area contributed by atoms with E-state index in [0.29, 0.717) is 51.5 Å². The van der Waals surface area contributed by atoms with Gasteiger partial charge >= 0.3 is 29.8 Å². The van der Waals surface area contributed by atoms with Crippen LogP contribution in [0.25, 0.3) is 0 Å². The van der Waals surface area contributed by atoms with Crippen molar-refractivity contribution in [2.24, 2.45) is 17.4 Å². The second kappa shape index (κ2) is 58.6. The Balaban J connectivity index is -0.0000198. The van der Waals surface area contributed by atoms with Crippen LogP contribution in [0.15, 0.2) is 0 Å². The van der Waals surface area contributed by atoms with Crippen LogP contribution in [0.4, 0.5) is 0 Å². The molecule has 0 saturated carbocycles. The summed E-state index contributed by atoms with van der Waals surface area (Å²) in [4.78, 5) is 160. The summed E-state index contributed by atoms with van der Waals surface area (Å²) in [6.07, 6.45) is 5.74. The number of aliphatic carboxylic acids is 5. The van der Waals surface area contributed by atoms with Crippen LogP contribution in [0.1, 0.15) is 131 Å². The molecule has 93 heavy (non-hydrogen) atoms. The fourth-order valence-electron chi connectivity index (χ4n) is 8.63. The van der Waals surface area contributed by atoms with Crippen LogP contribution in [0.2, 0.25) is 0 Å². The van der Waals surface area contributed by atoms with E-state index in [2.05, 4.69) is 51.1 Å². The van der Waals surface area contributed by atoms with Gasteiger partial charge in [0.1, 0.15) is 25.3 Å². The summed E-state index contributed by atoms with van der Waals surface area (Å²) in [5.41, 5.74) is 10.7. The number of likely N-dealkylation sites (N-methyl/N-ethyl adjacent to an activating group) is 1. The zero-order valence-electron chi connectivity index (χ0n) is 54.1. The van der Waals surface area contributed by atoms with Crippen molar-refractivity contribution in [3.8, 4) is 0 Å². The van der Waals surface area contributed by atoms with Crippen molar-refractivity contribution in [2.45, 2.75) is 149 Å². The van der Waals surface area contributed by atoms with Crippen LogP contribution in [0.5, 0.6) is 0 Å². The summed E-state index contributed by atoms with van der Waals surface area (Å²) in [7, 11) is 1.60. The SMILES string of the molecule is C.CCC.CC[C@@H](CCCCNC(=O)COCCOCCNC(=O)COCCOCCNC(=O)CCCC(=O)N[C@@H](CCCCNC(=O)CC[C@@H](C(=O)O)N(CCN(CC(=O)O)CC(=O)O)CCN(CC(=O)O)CC(=O)O)C(=O)NCCCC[C@H](NC)C(N)=O)C(N)=O. The summed E-state index contributed by atoms with van der Waals surface area (Å²) in [6.45, 7) is 4.15. The van der Waals surface area contributed by atoms with Gasteiger partial charge in [-0.15, -0.1) is 0 Å². The van der Waals surface area contributed by atoms with Gasteiger partial charge < -0.3 is 93.2 Å². The third kappa shape index (κ3) is 53.9. The molecule has 0 aromatic rings. The van der Waals surface area contributed by atoms with Crippen molar-refractivity contribution in [3.05, 3.63) is 0 Å². The number of unbranched alkanes of at least 4 members (excludes halogenated alkanes) is 3. The zero-order valence-corrected chi connectivity index (χ0v) is 54.1. The molecule has 538 valence electrons. The van der Waals surface area contributed by atoms with Crippen LogP contribution >= 0.6 is 0 Å². The number of carboxylic acids is 5. The highest BCUT2D eigenvalue weighted by atomic mass is 16.5. The number of ether oxygens (including phenoxy) is 4. The van der Waals surface area contributed by atoms with Crippen LogP contribution in [-0.4, -0.2) is 280 Å². The van der Waals surface area contributed by atoms with E-state index < -0.39 is 97.8 Å². The smallest absolute Gasteiger partial charge is 0.320 e. The van der Waals surface area contributed by atoms with Gasteiger partial charge in [0.2, 0.25) is 47.3 Å². The van der Waals surface area contributed by atoms with E-state index in [9.17, 15) is 87.9 Å². The average molecular weight is 1340 g/mol. The first-order chi connectivity index (χ1) is 43.8. The summed E-state index contributed by atoms with van der Waals surface area (Å²) in [5.74, 6) is -10.3. The average Bonchev–Trinajstić information content (AvgIpc) is 1.43. The molecule has 0 radical (unpaired) electrons. The lowest BCUT2D eigenvalue weighted by Crippen LogP contribution is -2.50. The minimum Gasteiger partial charge on any atom is -0.480 e. The minimum absolute atomic E-state index is 0. The Bertz CT molecular complexity index is 2110. The quantitative estimate of drug-likeness (QED) is 0.0291. The minimum atomic E-state index is -1.43. The first-order valence-electron chi connectivity index (χ1n) is 31.3. The van der Waals surface area contributed by atoms with Crippen molar-refractivity contribution in [2.75, 3.05) is 145 Å². The predicted molar refractivity (Wildman–Crippen MR) is 339 cm³/mol. The molecule has 0 saturated heterocycles. The van der Waals surface area contributed by atoms with Crippen LogP contribution in [-0.2, 0) is 81.3 Å². The number of nitrogens with zero attached hydrogens (tertiary/aromatic N) is 3. The van der Waals surface area contributed by atoms with E-state index in [1.807, 2.05) is 6.92 Å². The van der Waals surface area contributed by atoms with Gasteiger partial charge in [-0.2, -0.15) is 0 Å². The van der Waals surface area contributed by atoms with Gasteiger partial charge in [0, 0.05) is 84.1 Å². The van der Waals surface area contributed by atoms with Gasteiger partial charge in [0.25, 0.3) is 0 Å². The lowest BCUT2D eigenvalue weighted by Gasteiger charge is -2.32. The lowest BCUT2D eigenvalue weighted by atomic mass is 9.99. The largest absolute Gasteiger partial charge is 0.480 e. The number of nitrogens with two attached hydrogens (primary N) is 2. The molecule has 4 atom stereocenters. The molecule has 0 fully saturated rings. The second-order valence-electron chi connectivity index (χ2n) is 21.4. The number of carboxylic acid groups (broad SMARTS) is 5. The molecule has 8 amide bonds. The lowest BCUT2D eigenvalue weighted by molar-refractivity contribution is -0.146. The highest BCUT2D eigenvalue weighted by Gasteiger charge is 2.29. The Morgan fingerprint density at radius 2 is 0.828 bits per heavy atom. The molecule has 16 N–H and O–H groups in total. The molecule has 34 nitrogen and oxygen atoms in total. The molecular weight excluding hydrogens is 1230 g/mol. The van der Waals surface area contributed by atoms with Gasteiger partial charge in [0.05, 0.1) is 71.9 Å². The molecule has 0 aliphatic heterocycles.